The SMILES string of the molecule is Cc1ccc(CNc2n[s+]([O-])nc2Nc2ccc(Br)c(C(=O)N(C)C)c2O)o1. The molecule has 0 saturated heterocycles. The molecule has 1 unspecified atom stereocenters. The van der Waals surface area contributed by atoms with Gasteiger partial charge in [-0.25, -0.2) is 0 Å². The number of nitrogens with one attached hydrogen (secondary N) is 2. The molecule has 3 aromatic rings. The first-order valence-corrected chi connectivity index (χ1v) is 10.0. The highest BCUT2D eigenvalue weighted by molar-refractivity contribution is 9.10. The number of carbonyl (C=O) groups is 1. The molecule has 0 spiro atoms. The smallest absolute Gasteiger partial charge is 0.258 e. The summed E-state index contributed by atoms with van der Waals surface area (Å²) >= 11 is 1.49. The minimum atomic E-state index is -1.79. The van der Waals surface area contributed by atoms with Gasteiger partial charge in [0.25, 0.3) is 5.91 Å². The maximum atomic E-state index is 12.3. The monoisotopic (exact) mass is 467 g/mol. The van der Waals surface area contributed by atoms with Gasteiger partial charge < -0.3 is 29.6 Å². The van der Waals surface area contributed by atoms with Gasteiger partial charge in [-0.2, -0.15) is 0 Å². The van der Waals surface area contributed by atoms with Crippen LogP contribution in [0.25, 0.3) is 0 Å². The van der Waals surface area contributed by atoms with Gasteiger partial charge >= 0.3 is 0 Å². The molecule has 0 bridgehead atoms. The van der Waals surface area contributed by atoms with Gasteiger partial charge in [0.15, 0.2) is 16.9 Å². The standard InChI is InChI=1S/C17H18BrN5O4S/c1-9-4-5-10(27-9)8-19-15-16(22-28(26)21-15)20-12-7-6-11(18)13(14(12)24)17(25)23(2)3/h4-7,24H,8H2,1-3H3,(H,19,21)(H,20,22). The van der Waals surface area contributed by atoms with E-state index >= 15 is 0 Å². The fourth-order valence-electron chi connectivity index (χ4n) is 2.43. The van der Waals surface area contributed by atoms with Crippen molar-refractivity contribution in [2.45, 2.75) is 13.5 Å². The molecule has 0 aliphatic rings. The van der Waals surface area contributed by atoms with Crippen LogP contribution in [0, 0.1) is 6.92 Å². The molecule has 28 heavy (non-hydrogen) atoms. The van der Waals surface area contributed by atoms with Crippen molar-refractivity contribution in [2.75, 3.05) is 24.7 Å². The molecule has 0 aliphatic carbocycles. The Kier molecular flexibility index (Phi) is 5.87. The Bertz CT molecular complexity index is 1020. The Morgan fingerprint density at radius 3 is 2.64 bits per heavy atom. The second-order valence-electron chi connectivity index (χ2n) is 6.12. The van der Waals surface area contributed by atoms with Crippen LogP contribution in [0.2, 0.25) is 0 Å². The van der Waals surface area contributed by atoms with Crippen molar-refractivity contribution in [3.63, 3.8) is 0 Å². The molecule has 2 aromatic heterocycles. The summed E-state index contributed by atoms with van der Waals surface area (Å²) in [5.41, 5.74) is 0.335. The fraction of sp³-hybridized carbons (Fsp3) is 0.235. The number of nitrogens with zero attached hydrogens (tertiary/aromatic N) is 3. The van der Waals surface area contributed by atoms with Crippen LogP contribution in [-0.4, -0.2) is 43.3 Å². The molecular weight excluding hydrogens is 450 g/mol. The lowest BCUT2D eigenvalue weighted by atomic mass is 10.1. The van der Waals surface area contributed by atoms with Crippen LogP contribution in [0.3, 0.4) is 0 Å². The van der Waals surface area contributed by atoms with Crippen LogP contribution in [0.15, 0.2) is 33.2 Å². The first kappa shape index (κ1) is 20.1. The van der Waals surface area contributed by atoms with Crippen LogP contribution < -0.4 is 10.6 Å². The molecule has 1 amide bonds. The minimum Gasteiger partial charge on any atom is -0.546 e. The zero-order chi connectivity index (χ0) is 20.4. The van der Waals surface area contributed by atoms with Crippen LogP contribution in [0.1, 0.15) is 21.9 Å². The van der Waals surface area contributed by atoms with E-state index < -0.39 is 11.1 Å². The van der Waals surface area contributed by atoms with Crippen molar-refractivity contribution in [1.29, 1.82) is 0 Å². The maximum Gasteiger partial charge on any atom is 0.258 e. The van der Waals surface area contributed by atoms with Crippen molar-refractivity contribution in [3.05, 3.63) is 45.8 Å². The lowest BCUT2D eigenvalue weighted by Crippen LogP contribution is -2.22. The van der Waals surface area contributed by atoms with Crippen LogP contribution in [0.4, 0.5) is 17.3 Å². The first-order valence-electron chi connectivity index (χ1n) is 8.15. The number of hydrogen-bond acceptors (Lipinski definition) is 8. The molecular formula is C17H18BrN5O4S. The molecule has 0 saturated carbocycles. The van der Waals surface area contributed by atoms with E-state index in [9.17, 15) is 14.5 Å². The average molecular weight is 468 g/mol. The van der Waals surface area contributed by atoms with E-state index in [-0.39, 0.29) is 34.5 Å². The molecule has 2 heterocycles. The van der Waals surface area contributed by atoms with Gasteiger partial charge in [-0.05, 0) is 47.1 Å². The number of anilines is 3. The van der Waals surface area contributed by atoms with Gasteiger partial charge in [0.2, 0.25) is 11.6 Å². The normalized spacial score (nSPS) is 11.4. The highest BCUT2D eigenvalue weighted by Crippen LogP contribution is 2.37. The lowest BCUT2D eigenvalue weighted by Gasteiger charge is -2.15. The topological polar surface area (TPSA) is 127 Å². The minimum absolute atomic E-state index is 0.104. The van der Waals surface area contributed by atoms with E-state index in [4.69, 9.17) is 4.42 Å². The molecule has 9 nitrogen and oxygen atoms in total. The van der Waals surface area contributed by atoms with E-state index in [0.717, 1.165) is 5.76 Å². The van der Waals surface area contributed by atoms with Crippen LogP contribution >= 0.6 is 27.1 Å². The molecule has 0 radical (unpaired) electrons. The molecule has 3 rings (SSSR count). The second kappa shape index (κ2) is 8.17. The number of aromatic hydroxyl groups is 1. The highest BCUT2D eigenvalue weighted by atomic mass is 79.9. The average Bonchev–Trinajstić information content (AvgIpc) is 3.20. The number of furan rings is 1. The van der Waals surface area contributed by atoms with E-state index in [2.05, 4.69) is 35.3 Å². The summed E-state index contributed by atoms with van der Waals surface area (Å²) in [6.07, 6.45) is 0. The second-order valence-corrected chi connectivity index (χ2v) is 7.80. The summed E-state index contributed by atoms with van der Waals surface area (Å²) < 4.78 is 25.5. The Hall–Kier alpha value is -2.63. The number of aryl methyl sites for hydroxylation is 1. The number of rotatable bonds is 6. The quantitative estimate of drug-likeness (QED) is 0.370. The number of halogens is 1. The summed E-state index contributed by atoms with van der Waals surface area (Å²) in [5.74, 6) is 1.28. The Labute approximate surface area is 172 Å². The zero-order valence-corrected chi connectivity index (χ0v) is 17.7. The third-order valence-corrected chi connectivity index (χ3v) is 5.13. The molecule has 0 fully saturated rings. The molecule has 1 atom stereocenters. The van der Waals surface area contributed by atoms with E-state index in [0.29, 0.717) is 16.8 Å². The number of benzene rings is 1. The van der Waals surface area contributed by atoms with E-state index in [1.165, 1.54) is 4.90 Å². The third-order valence-electron chi connectivity index (χ3n) is 3.79. The summed E-state index contributed by atoms with van der Waals surface area (Å²) in [5, 5.41) is 16.5. The van der Waals surface area contributed by atoms with Gasteiger partial charge in [-0.3, -0.25) is 4.79 Å². The van der Waals surface area contributed by atoms with Crippen LogP contribution in [-0.2, 0) is 6.54 Å². The first-order chi connectivity index (χ1) is 13.3. The number of phenolic OH excluding ortho intramolecular Hbond substituents is 1. The predicted octanol–water partition coefficient (Wildman–Crippen LogP) is 3.63. The summed E-state index contributed by atoms with van der Waals surface area (Å²) in [6, 6.07) is 6.85. The molecule has 148 valence electrons. The predicted molar refractivity (Wildman–Crippen MR) is 109 cm³/mol. The summed E-state index contributed by atoms with van der Waals surface area (Å²) in [6.45, 7) is 2.16. The third kappa shape index (κ3) is 4.26. The van der Waals surface area contributed by atoms with Gasteiger partial charge in [0, 0.05) is 27.3 Å². The van der Waals surface area contributed by atoms with Gasteiger partial charge in [-0.1, -0.05) is 0 Å². The van der Waals surface area contributed by atoms with Gasteiger partial charge in [-0.15, -0.1) is 0 Å². The Morgan fingerprint density at radius 1 is 1.29 bits per heavy atom. The van der Waals surface area contributed by atoms with Crippen molar-refractivity contribution in [2.24, 2.45) is 0 Å². The Balaban J connectivity index is 1.86. The van der Waals surface area contributed by atoms with E-state index in [1.54, 1.807) is 26.2 Å². The van der Waals surface area contributed by atoms with Crippen molar-refractivity contribution >= 4 is 50.3 Å². The zero-order valence-electron chi connectivity index (χ0n) is 15.3. The molecule has 1 aromatic carbocycles. The number of hydrogen-bond donors (Lipinski definition) is 3. The van der Waals surface area contributed by atoms with Gasteiger partial charge in [0.05, 0.1) is 17.8 Å². The number of carbonyl (C=O) groups excluding carboxylic acids is 1. The number of aromatic nitrogens is 2. The maximum absolute atomic E-state index is 12.3. The van der Waals surface area contributed by atoms with Crippen molar-refractivity contribution in [3.8, 4) is 5.75 Å². The molecule has 0 aliphatic heterocycles. The summed E-state index contributed by atoms with van der Waals surface area (Å²) in [4.78, 5) is 13.7. The Morgan fingerprint density at radius 2 is 2.00 bits per heavy atom. The molecule has 3 N–H and O–H groups in total. The fourth-order valence-corrected chi connectivity index (χ4v) is 3.56. The lowest BCUT2D eigenvalue weighted by molar-refractivity contribution is 0.0824. The highest BCUT2D eigenvalue weighted by Gasteiger charge is 2.23. The largest absolute Gasteiger partial charge is 0.546 e. The van der Waals surface area contributed by atoms with E-state index in [1.807, 2.05) is 19.1 Å². The molecule has 11 heteroatoms. The number of phenols is 1. The van der Waals surface area contributed by atoms with Crippen molar-refractivity contribution < 1.29 is 18.9 Å². The van der Waals surface area contributed by atoms with Crippen molar-refractivity contribution in [1.82, 2.24) is 13.6 Å². The summed E-state index contributed by atoms with van der Waals surface area (Å²) in [7, 11) is 3.17. The van der Waals surface area contributed by atoms with Crippen LogP contribution in [0.5, 0.6) is 5.75 Å². The number of amides is 1. The van der Waals surface area contributed by atoms with Gasteiger partial charge in [0.1, 0.15) is 11.5 Å².